The Morgan fingerprint density at radius 1 is 1.13 bits per heavy atom. The van der Waals surface area contributed by atoms with Crippen LogP contribution >= 0.6 is 0 Å². The van der Waals surface area contributed by atoms with Gasteiger partial charge in [-0.3, -0.25) is 4.79 Å². The van der Waals surface area contributed by atoms with E-state index in [4.69, 9.17) is 15.8 Å². The van der Waals surface area contributed by atoms with Crippen molar-refractivity contribution in [2.24, 2.45) is 5.73 Å². The number of pyridine rings is 1. The molecular formula is C28H48N8O3. The Morgan fingerprint density at radius 3 is 2.51 bits per heavy atom. The summed E-state index contributed by atoms with van der Waals surface area (Å²) in [6.07, 6.45) is 10.0. The molecule has 3 heterocycles. The Labute approximate surface area is 232 Å². The fourth-order valence-electron chi connectivity index (χ4n) is 5.26. The van der Waals surface area contributed by atoms with E-state index in [1.165, 1.54) is 0 Å². The lowest BCUT2D eigenvalue weighted by Gasteiger charge is -2.32. The van der Waals surface area contributed by atoms with Gasteiger partial charge in [0.15, 0.2) is 5.65 Å². The van der Waals surface area contributed by atoms with Crippen molar-refractivity contribution in [3.63, 3.8) is 0 Å². The fourth-order valence-corrected chi connectivity index (χ4v) is 5.26. The lowest BCUT2D eigenvalue weighted by Crippen LogP contribution is -2.44. The maximum absolute atomic E-state index is 12.7. The van der Waals surface area contributed by atoms with Crippen molar-refractivity contribution in [2.75, 3.05) is 45.2 Å². The number of hydrogen-bond donors (Lipinski definition) is 4. The third-order valence-corrected chi connectivity index (χ3v) is 7.65. The number of carbonyl (C=O) groups excluding carboxylic acids is 2. The number of primary amides is 1. The highest BCUT2D eigenvalue weighted by Gasteiger charge is 2.24. The molecule has 1 aliphatic heterocycles. The SMILES string of the molecule is CCc1nc2c(cnn2CC)c(NC2CCN(C(N)=O)CC2)c1CNC(=O)CCCCCCCN(C)CCO. The molecule has 1 fully saturated rings. The molecule has 3 rings (SSSR count). The molecule has 0 saturated carbocycles. The molecule has 2 aromatic rings. The van der Waals surface area contributed by atoms with Gasteiger partial charge in [-0.05, 0) is 52.6 Å². The number of unbranched alkanes of at least 4 members (excludes halogenated alkanes) is 4. The number of amides is 3. The van der Waals surface area contributed by atoms with E-state index < -0.39 is 0 Å². The number of aromatic nitrogens is 3. The zero-order valence-corrected chi connectivity index (χ0v) is 24.0. The van der Waals surface area contributed by atoms with Crippen LogP contribution in [0.25, 0.3) is 11.0 Å². The molecule has 1 aliphatic rings. The van der Waals surface area contributed by atoms with E-state index in [2.05, 4.69) is 34.5 Å². The minimum absolute atomic E-state index is 0.0600. The lowest BCUT2D eigenvalue weighted by molar-refractivity contribution is -0.121. The molecule has 39 heavy (non-hydrogen) atoms. The summed E-state index contributed by atoms with van der Waals surface area (Å²) in [7, 11) is 2.03. The number of likely N-dealkylation sites (tertiary alicyclic amines) is 1. The van der Waals surface area contributed by atoms with E-state index in [9.17, 15) is 9.59 Å². The first kappa shape index (κ1) is 30.6. The van der Waals surface area contributed by atoms with E-state index in [1.807, 2.05) is 17.9 Å². The zero-order chi connectivity index (χ0) is 28.2. The molecule has 0 spiro atoms. The Kier molecular flexibility index (Phi) is 12.3. The summed E-state index contributed by atoms with van der Waals surface area (Å²) in [4.78, 5) is 33.1. The predicted octanol–water partition coefficient (Wildman–Crippen LogP) is 2.85. The van der Waals surface area contributed by atoms with Crippen LogP contribution in [0.3, 0.4) is 0 Å². The van der Waals surface area contributed by atoms with Crippen LogP contribution in [0.2, 0.25) is 0 Å². The van der Waals surface area contributed by atoms with Crippen LogP contribution in [0.1, 0.15) is 76.5 Å². The number of anilines is 1. The van der Waals surface area contributed by atoms with Crippen LogP contribution in [0.4, 0.5) is 10.5 Å². The Balaban J connectivity index is 1.60. The molecule has 11 heteroatoms. The molecule has 0 bridgehead atoms. The first-order valence-electron chi connectivity index (χ1n) is 14.6. The highest BCUT2D eigenvalue weighted by molar-refractivity contribution is 5.92. The second-order valence-corrected chi connectivity index (χ2v) is 10.5. The van der Waals surface area contributed by atoms with Gasteiger partial charge in [0.05, 0.1) is 23.9 Å². The monoisotopic (exact) mass is 544 g/mol. The molecule has 2 aromatic heterocycles. The molecule has 0 radical (unpaired) electrons. The van der Waals surface area contributed by atoms with Crippen molar-refractivity contribution in [1.29, 1.82) is 0 Å². The molecule has 11 nitrogen and oxygen atoms in total. The number of nitrogens with one attached hydrogen (secondary N) is 2. The van der Waals surface area contributed by atoms with E-state index >= 15 is 0 Å². The third-order valence-electron chi connectivity index (χ3n) is 7.65. The Morgan fingerprint density at radius 2 is 1.85 bits per heavy atom. The molecular weight excluding hydrogens is 496 g/mol. The summed E-state index contributed by atoms with van der Waals surface area (Å²) in [5.41, 5.74) is 9.28. The smallest absolute Gasteiger partial charge is 0.314 e. The number of aryl methyl sites for hydroxylation is 2. The minimum atomic E-state index is -0.369. The van der Waals surface area contributed by atoms with Crippen LogP contribution in [0.15, 0.2) is 6.20 Å². The number of likely N-dealkylation sites (N-methyl/N-ethyl adjacent to an activating group) is 1. The van der Waals surface area contributed by atoms with E-state index in [-0.39, 0.29) is 24.6 Å². The number of aliphatic hydroxyl groups excluding tert-OH is 1. The number of urea groups is 1. The highest BCUT2D eigenvalue weighted by atomic mass is 16.3. The topological polar surface area (TPSA) is 142 Å². The summed E-state index contributed by atoms with van der Waals surface area (Å²) >= 11 is 0. The normalized spacial score (nSPS) is 14.3. The highest BCUT2D eigenvalue weighted by Crippen LogP contribution is 2.31. The van der Waals surface area contributed by atoms with Crippen molar-refractivity contribution in [2.45, 2.75) is 90.8 Å². The number of nitrogens with two attached hydrogens (primary N) is 1. The number of nitrogens with zero attached hydrogens (tertiary/aromatic N) is 5. The number of piperidine rings is 1. The first-order chi connectivity index (χ1) is 18.9. The largest absolute Gasteiger partial charge is 0.395 e. The zero-order valence-electron chi connectivity index (χ0n) is 24.0. The van der Waals surface area contributed by atoms with Gasteiger partial charge in [-0.15, -0.1) is 0 Å². The van der Waals surface area contributed by atoms with Gasteiger partial charge in [0.2, 0.25) is 5.91 Å². The average Bonchev–Trinajstić information content (AvgIpc) is 3.35. The van der Waals surface area contributed by atoms with Gasteiger partial charge in [0.25, 0.3) is 0 Å². The maximum atomic E-state index is 12.7. The molecule has 1 saturated heterocycles. The van der Waals surface area contributed by atoms with Gasteiger partial charge < -0.3 is 31.3 Å². The minimum Gasteiger partial charge on any atom is -0.395 e. The van der Waals surface area contributed by atoms with Crippen molar-refractivity contribution in [3.8, 4) is 0 Å². The number of carbonyl (C=O) groups is 2. The van der Waals surface area contributed by atoms with E-state index in [0.29, 0.717) is 26.1 Å². The van der Waals surface area contributed by atoms with Crippen molar-refractivity contribution in [1.82, 2.24) is 29.9 Å². The summed E-state index contributed by atoms with van der Waals surface area (Å²) in [6, 6.07) is -0.176. The first-order valence-corrected chi connectivity index (χ1v) is 14.6. The van der Waals surface area contributed by atoms with Crippen LogP contribution in [-0.4, -0.2) is 87.5 Å². The Hall–Kier alpha value is -2.92. The number of rotatable bonds is 16. The van der Waals surface area contributed by atoms with Crippen LogP contribution in [-0.2, 0) is 24.3 Å². The lowest BCUT2D eigenvalue weighted by atomic mass is 10.0. The van der Waals surface area contributed by atoms with Crippen molar-refractivity contribution >= 4 is 28.7 Å². The molecule has 218 valence electrons. The molecule has 5 N–H and O–H groups in total. The fraction of sp³-hybridized carbons (Fsp3) is 0.714. The maximum Gasteiger partial charge on any atom is 0.314 e. The number of aliphatic hydroxyl groups is 1. The van der Waals surface area contributed by atoms with Crippen molar-refractivity contribution < 1.29 is 14.7 Å². The summed E-state index contributed by atoms with van der Waals surface area (Å²) in [5.74, 6) is 0.0600. The Bertz CT molecular complexity index is 1060. The van der Waals surface area contributed by atoms with Gasteiger partial charge in [-0.1, -0.05) is 26.2 Å². The van der Waals surface area contributed by atoms with Gasteiger partial charge in [0, 0.05) is 56.4 Å². The second kappa shape index (κ2) is 15.6. The quantitative estimate of drug-likeness (QED) is 0.238. The standard InChI is InChI=1S/C28H48N8O3/c1-4-24-22(19-30-25(38)11-9-7-6-8-10-14-34(3)17-18-37)26(23-20-31-36(5-2)27(23)33-24)32-21-12-15-35(16-13-21)28(29)39/h20-21,37H,4-19H2,1-3H3,(H2,29,39)(H,30,38)(H,32,33). The van der Waals surface area contributed by atoms with E-state index in [1.54, 1.807) is 4.90 Å². The predicted molar refractivity (Wildman–Crippen MR) is 155 cm³/mol. The molecule has 3 amide bonds. The van der Waals surface area contributed by atoms with Gasteiger partial charge in [-0.25, -0.2) is 14.5 Å². The summed E-state index contributed by atoms with van der Waals surface area (Å²) in [5, 5.41) is 21.4. The average molecular weight is 545 g/mol. The summed E-state index contributed by atoms with van der Waals surface area (Å²) < 4.78 is 1.91. The molecule has 0 aliphatic carbocycles. The van der Waals surface area contributed by atoms with Gasteiger partial charge in [-0.2, -0.15) is 5.10 Å². The van der Waals surface area contributed by atoms with Gasteiger partial charge in [0.1, 0.15) is 0 Å². The van der Waals surface area contributed by atoms with Crippen LogP contribution in [0, 0.1) is 0 Å². The number of hydrogen-bond acceptors (Lipinski definition) is 7. The molecule has 0 atom stereocenters. The second-order valence-electron chi connectivity index (χ2n) is 10.5. The van der Waals surface area contributed by atoms with Crippen LogP contribution in [0.5, 0.6) is 0 Å². The molecule has 0 unspecified atom stereocenters. The van der Waals surface area contributed by atoms with Gasteiger partial charge >= 0.3 is 6.03 Å². The summed E-state index contributed by atoms with van der Waals surface area (Å²) in [6.45, 7) is 8.45. The molecule has 0 aromatic carbocycles. The third kappa shape index (κ3) is 8.79. The number of fused-ring (bicyclic) bond motifs is 1. The van der Waals surface area contributed by atoms with Crippen LogP contribution < -0.4 is 16.4 Å². The van der Waals surface area contributed by atoms with E-state index in [0.717, 1.165) is 99.0 Å². The van der Waals surface area contributed by atoms with Crippen molar-refractivity contribution in [3.05, 3.63) is 17.5 Å².